The molecule has 3 atom stereocenters. The maximum Gasteiger partial charge on any atom is 0.229 e. The number of alkyl halides is 1. The van der Waals surface area contributed by atoms with E-state index in [0.29, 0.717) is 31.2 Å². The van der Waals surface area contributed by atoms with E-state index in [0.717, 1.165) is 36.0 Å². The van der Waals surface area contributed by atoms with Crippen molar-refractivity contribution >= 4 is 16.8 Å². The van der Waals surface area contributed by atoms with Crippen LogP contribution in [-0.4, -0.2) is 59.6 Å². The predicted octanol–water partition coefficient (Wildman–Crippen LogP) is 5.63. The zero-order chi connectivity index (χ0) is 26.3. The largest absolute Gasteiger partial charge is 0.492 e. The molecule has 0 saturated carbocycles. The number of ether oxygens (including phenoxy) is 1. The number of fused-ring (bicyclic) bond motifs is 3. The number of aromatic amines is 1. The zero-order valence-electron chi connectivity index (χ0n) is 21.6. The molecule has 8 heteroatoms. The van der Waals surface area contributed by atoms with Gasteiger partial charge in [0.2, 0.25) is 5.91 Å². The number of halogens is 3. The first-order valence-electron chi connectivity index (χ1n) is 13.1. The van der Waals surface area contributed by atoms with Crippen LogP contribution >= 0.6 is 0 Å². The number of nitrogens with zero attached hydrogens (tertiary/aromatic N) is 2. The second-order valence-electron chi connectivity index (χ2n) is 10.5. The van der Waals surface area contributed by atoms with Crippen molar-refractivity contribution in [2.45, 2.75) is 45.7 Å². The molecule has 1 saturated heterocycles. The van der Waals surface area contributed by atoms with Gasteiger partial charge in [0, 0.05) is 54.4 Å². The number of benzene rings is 2. The van der Waals surface area contributed by atoms with Crippen LogP contribution in [0.25, 0.3) is 10.9 Å². The fourth-order valence-corrected chi connectivity index (χ4v) is 5.73. The minimum atomic E-state index is -1.05. The number of aromatic nitrogens is 1. The van der Waals surface area contributed by atoms with Gasteiger partial charge in [-0.2, -0.15) is 0 Å². The summed E-state index contributed by atoms with van der Waals surface area (Å²) in [5.41, 5.74) is 2.08. The second kappa shape index (κ2) is 10.4. The van der Waals surface area contributed by atoms with Gasteiger partial charge in [0.15, 0.2) is 0 Å². The summed E-state index contributed by atoms with van der Waals surface area (Å²) in [7, 11) is 0. The molecule has 5 rings (SSSR count). The first-order chi connectivity index (χ1) is 17.8. The number of nitrogens with one attached hydrogen (secondary N) is 1. The highest BCUT2D eigenvalue weighted by atomic mass is 19.1. The molecule has 3 heterocycles. The number of likely N-dealkylation sites (tertiary alicyclic amines) is 1. The van der Waals surface area contributed by atoms with Gasteiger partial charge in [-0.15, -0.1) is 0 Å². The van der Waals surface area contributed by atoms with Gasteiger partial charge >= 0.3 is 0 Å². The third-order valence-electron chi connectivity index (χ3n) is 7.89. The highest BCUT2D eigenvalue weighted by molar-refractivity contribution is 5.87. The molecule has 2 aromatic carbocycles. The van der Waals surface area contributed by atoms with Gasteiger partial charge in [-0.25, -0.2) is 8.78 Å². The van der Waals surface area contributed by atoms with Crippen LogP contribution in [0.5, 0.6) is 5.75 Å². The third kappa shape index (κ3) is 4.72. The Morgan fingerprint density at radius 3 is 2.57 bits per heavy atom. The molecule has 5 nitrogen and oxygen atoms in total. The summed E-state index contributed by atoms with van der Waals surface area (Å²) in [5, 5.41) is 0.956. The van der Waals surface area contributed by atoms with Crippen molar-refractivity contribution in [2.24, 2.45) is 11.8 Å². The van der Waals surface area contributed by atoms with E-state index in [-0.39, 0.29) is 17.4 Å². The van der Waals surface area contributed by atoms with E-state index in [1.54, 1.807) is 0 Å². The maximum absolute atomic E-state index is 15.7. The van der Waals surface area contributed by atoms with Crippen molar-refractivity contribution in [3.8, 4) is 5.75 Å². The van der Waals surface area contributed by atoms with Crippen molar-refractivity contribution in [2.75, 3.05) is 32.9 Å². The number of para-hydroxylation sites is 1. The second-order valence-corrected chi connectivity index (χ2v) is 10.5. The third-order valence-corrected chi connectivity index (χ3v) is 7.89. The summed E-state index contributed by atoms with van der Waals surface area (Å²) in [6, 6.07) is 8.60. The predicted molar refractivity (Wildman–Crippen MR) is 137 cm³/mol. The molecule has 37 heavy (non-hydrogen) atoms. The molecule has 2 aliphatic heterocycles. The molecule has 0 radical (unpaired) electrons. The highest BCUT2D eigenvalue weighted by Crippen LogP contribution is 2.43. The molecular formula is C29H34F3N3O2. The lowest BCUT2D eigenvalue weighted by atomic mass is 9.87. The topological polar surface area (TPSA) is 48.6 Å². The molecule has 0 unspecified atom stereocenters. The molecule has 1 fully saturated rings. The van der Waals surface area contributed by atoms with Crippen molar-refractivity contribution in [3.05, 3.63) is 64.9 Å². The van der Waals surface area contributed by atoms with E-state index in [2.05, 4.69) is 16.8 Å². The number of hydrogen-bond acceptors (Lipinski definition) is 3. The standard InChI is InChI=1S/C29H34F3N3O2/c1-4-19-15-34(16-19)9-10-37-20-12-23(31)26(24(32)13-20)28-27-22(21-7-5-6-8-25(21)33-27)11-18(3)35(28)29(36)17(2)14-30/h5-8,12-13,17-19,28,33H,4,9-11,14-16H2,1-3H3/t17-,18-,28-/m1/s1. The van der Waals surface area contributed by atoms with Crippen LogP contribution in [0.2, 0.25) is 0 Å². The van der Waals surface area contributed by atoms with Gasteiger partial charge in [0.25, 0.3) is 0 Å². The number of H-pyrrole nitrogens is 1. The van der Waals surface area contributed by atoms with Gasteiger partial charge in [-0.1, -0.05) is 38.5 Å². The number of amides is 1. The Morgan fingerprint density at radius 1 is 1.19 bits per heavy atom. The van der Waals surface area contributed by atoms with Crippen molar-refractivity contribution in [1.82, 2.24) is 14.8 Å². The minimum Gasteiger partial charge on any atom is -0.492 e. The fourth-order valence-electron chi connectivity index (χ4n) is 5.73. The molecule has 0 spiro atoms. The normalized spacial score (nSPS) is 21.1. The molecule has 1 amide bonds. The molecule has 0 bridgehead atoms. The number of hydrogen-bond donors (Lipinski definition) is 1. The van der Waals surface area contributed by atoms with E-state index in [1.165, 1.54) is 24.0 Å². The summed E-state index contributed by atoms with van der Waals surface area (Å²) in [4.78, 5) is 20.3. The fraction of sp³-hybridized carbons (Fsp3) is 0.483. The van der Waals surface area contributed by atoms with Crippen LogP contribution in [0.3, 0.4) is 0 Å². The van der Waals surface area contributed by atoms with Gasteiger partial charge in [0.05, 0.1) is 11.5 Å². The van der Waals surface area contributed by atoms with Crippen LogP contribution in [0.15, 0.2) is 36.4 Å². The summed E-state index contributed by atoms with van der Waals surface area (Å²) in [6.45, 7) is 7.74. The van der Waals surface area contributed by atoms with Crippen molar-refractivity contribution in [1.29, 1.82) is 0 Å². The Bertz CT molecular complexity index is 1260. The van der Waals surface area contributed by atoms with Crippen LogP contribution in [-0.2, 0) is 11.2 Å². The van der Waals surface area contributed by atoms with Crippen LogP contribution < -0.4 is 4.74 Å². The lowest BCUT2D eigenvalue weighted by molar-refractivity contribution is -0.140. The van der Waals surface area contributed by atoms with Crippen LogP contribution in [0.1, 0.15) is 50.1 Å². The van der Waals surface area contributed by atoms with E-state index in [4.69, 9.17) is 4.74 Å². The van der Waals surface area contributed by atoms with E-state index < -0.39 is 36.2 Å². The number of carbonyl (C=O) groups excluding carboxylic acids is 1. The Hall–Kier alpha value is -3.00. The molecule has 1 N–H and O–H groups in total. The number of carbonyl (C=O) groups is 1. The van der Waals surface area contributed by atoms with E-state index in [1.807, 2.05) is 31.2 Å². The Morgan fingerprint density at radius 2 is 1.89 bits per heavy atom. The molecule has 3 aromatic rings. The van der Waals surface area contributed by atoms with E-state index in [9.17, 15) is 9.18 Å². The minimum absolute atomic E-state index is 0.113. The molecular weight excluding hydrogens is 479 g/mol. The first-order valence-corrected chi connectivity index (χ1v) is 13.1. The lowest BCUT2D eigenvalue weighted by Gasteiger charge is -2.42. The lowest BCUT2D eigenvalue weighted by Crippen LogP contribution is -2.49. The summed E-state index contributed by atoms with van der Waals surface area (Å²) in [6.07, 6.45) is 1.65. The Labute approximate surface area is 215 Å². The van der Waals surface area contributed by atoms with E-state index >= 15 is 8.78 Å². The van der Waals surface area contributed by atoms with Gasteiger partial charge in [-0.05, 0) is 30.9 Å². The highest BCUT2D eigenvalue weighted by Gasteiger charge is 2.42. The Balaban J connectivity index is 1.49. The summed E-state index contributed by atoms with van der Waals surface area (Å²) >= 11 is 0. The molecule has 2 aliphatic rings. The quantitative estimate of drug-likeness (QED) is 0.425. The van der Waals surface area contributed by atoms with Crippen LogP contribution in [0.4, 0.5) is 13.2 Å². The smallest absolute Gasteiger partial charge is 0.229 e. The van der Waals surface area contributed by atoms with Gasteiger partial charge in [-0.3, -0.25) is 14.1 Å². The van der Waals surface area contributed by atoms with Gasteiger partial charge < -0.3 is 14.6 Å². The summed E-state index contributed by atoms with van der Waals surface area (Å²) < 4.78 is 50.6. The van der Waals surface area contributed by atoms with Crippen molar-refractivity contribution < 1.29 is 22.7 Å². The first kappa shape index (κ1) is 25.6. The van der Waals surface area contributed by atoms with Crippen LogP contribution in [0, 0.1) is 23.5 Å². The number of rotatable bonds is 8. The average Bonchev–Trinajstić information content (AvgIpc) is 3.22. The Kier molecular flexibility index (Phi) is 7.21. The monoisotopic (exact) mass is 513 g/mol. The summed E-state index contributed by atoms with van der Waals surface area (Å²) in [5.74, 6) is -2.14. The SMILES string of the molecule is CCC1CN(CCOc2cc(F)c([C@@H]3c4[nH]c5ccccc5c4C[C@@H](C)N3C(=O)[C@H](C)CF)c(F)c2)C1. The molecule has 1 aromatic heterocycles. The molecule has 0 aliphatic carbocycles. The maximum atomic E-state index is 15.7. The van der Waals surface area contributed by atoms with Gasteiger partial charge in [0.1, 0.15) is 36.7 Å². The average molecular weight is 514 g/mol. The zero-order valence-corrected chi connectivity index (χ0v) is 21.6. The van der Waals surface area contributed by atoms with Crippen molar-refractivity contribution in [3.63, 3.8) is 0 Å². The molecule has 198 valence electrons.